The Morgan fingerprint density at radius 2 is 0.950 bits per heavy atom. The van der Waals surface area contributed by atoms with Gasteiger partial charge in [-0.2, -0.15) is 0 Å². The van der Waals surface area contributed by atoms with Crippen LogP contribution in [0.1, 0.15) is 0 Å². The summed E-state index contributed by atoms with van der Waals surface area (Å²) in [5.41, 5.74) is 0. The van der Waals surface area contributed by atoms with E-state index in [1.165, 1.54) is 0 Å². The molecule has 0 radical (unpaired) electrons. The van der Waals surface area contributed by atoms with E-state index in [-0.39, 0.29) is 11.5 Å². The lowest BCUT2D eigenvalue weighted by atomic mass is 9.93. The molecule has 0 aliphatic heterocycles. The summed E-state index contributed by atoms with van der Waals surface area (Å²) in [4.78, 5) is 0. The normalized spacial score (nSPS) is 11.9. The van der Waals surface area contributed by atoms with Crippen molar-refractivity contribution in [2.24, 2.45) is 0 Å². The van der Waals surface area contributed by atoms with Gasteiger partial charge in [-0.15, -0.1) is 0 Å². The molecule has 0 atom stereocenters. The molecule has 0 amide bonds. The molecule has 2 nitrogen and oxygen atoms in total. The van der Waals surface area contributed by atoms with Crippen LogP contribution in [0, 0.1) is 0 Å². The highest BCUT2D eigenvalue weighted by Crippen LogP contribution is 2.49. The molecule has 0 aromatic heterocycles. The van der Waals surface area contributed by atoms with E-state index in [9.17, 15) is 10.2 Å². The molecule has 2 N–H and O–H groups in total. The topological polar surface area (TPSA) is 40.5 Å². The predicted octanol–water partition coefficient (Wildman–Crippen LogP) is 5.52. The third kappa shape index (κ3) is 1.33. The molecule has 4 heteroatoms. The Morgan fingerprint density at radius 3 is 1.35 bits per heavy atom. The van der Waals surface area contributed by atoms with Gasteiger partial charge in [0, 0.05) is 30.5 Å². The molecule has 0 aliphatic carbocycles. The fourth-order valence-corrected chi connectivity index (χ4v) is 3.98. The Labute approximate surface area is 131 Å². The van der Waals surface area contributed by atoms with Gasteiger partial charge in [0.05, 0.1) is 0 Å². The number of phenols is 2. The second-order valence-electron chi connectivity index (χ2n) is 4.78. The summed E-state index contributed by atoms with van der Waals surface area (Å²) in [6.07, 6.45) is 0. The van der Waals surface area contributed by atoms with Crippen LogP contribution in [-0.2, 0) is 0 Å². The Hall–Kier alpha value is -1.52. The molecule has 0 unspecified atom stereocenters. The molecule has 0 bridgehead atoms. The molecular weight excluding hydrogens is 384 g/mol. The molecule has 0 saturated heterocycles. The zero-order valence-electron chi connectivity index (χ0n) is 10.1. The maximum absolute atomic E-state index is 10.3. The Bertz CT molecular complexity index is 839. The van der Waals surface area contributed by atoms with Gasteiger partial charge in [-0.1, -0.05) is 36.4 Å². The van der Waals surface area contributed by atoms with Crippen LogP contribution in [-0.4, -0.2) is 10.2 Å². The number of phenolic OH excluding ortho intramolecular Hbond substituents is 2. The van der Waals surface area contributed by atoms with Gasteiger partial charge in [-0.25, -0.2) is 0 Å². The molecule has 0 fully saturated rings. The summed E-state index contributed by atoms with van der Waals surface area (Å²) >= 11 is 7.23. The maximum Gasteiger partial charge on any atom is 0.166 e. The SMILES string of the molecule is Oc1c(O)c2cccc3c(Br)c(Br)c4cccc1c4c23. The Kier molecular flexibility index (Phi) is 2.44. The van der Waals surface area contributed by atoms with Gasteiger partial charge in [-0.05, 0) is 42.6 Å². The van der Waals surface area contributed by atoms with Crippen LogP contribution in [0.25, 0.3) is 32.3 Å². The van der Waals surface area contributed by atoms with E-state index in [2.05, 4.69) is 31.9 Å². The molecule has 4 rings (SSSR count). The summed E-state index contributed by atoms with van der Waals surface area (Å²) < 4.78 is 1.90. The second-order valence-corrected chi connectivity index (χ2v) is 6.37. The van der Waals surface area contributed by atoms with E-state index in [0.29, 0.717) is 10.8 Å². The minimum absolute atomic E-state index is 0.0650. The average Bonchev–Trinajstić information content (AvgIpc) is 2.48. The minimum Gasteiger partial charge on any atom is -0.504 e. The van der Waals surface area contributed by atoms with Crippen molar-refractivity contribution in [3.8, 4) is 11.5 Å². The van der Waals surface area contributed by atoms with Gasteiger partial charge in [0.15, 0.2) is 11.5 Å². The highest BCUT2D eigenvalue weighted by atomic mass is 79.9. The number of hydrogen-bond acceptors (Lipinski definition) is 2. The van der Waals surface area contributed by atoms with Crippen LogP contribution in [0.4, 0.5) is 0 Å². The summed E-state index contributed by atoms with van der Waals surface area (Å²) in [6.45, 7) is 0. The predicted molar refractivity (Wildman–Crippen MR) is 88.9 cm³/mol. The van der Waals surface area contributed by atoms with Crippen LogP contribution in [0.5, 0.6) is 11.5 Å². The summed E-state index contributed by atoms with van der Waals surface area (Å²) in [6, 6.07) is 11.4. The van der Waals surface area contributed by atoms with Crippen molar-refractivity contribution in [2.45, 2.75) is 0 Å². The van der Waals surface area contributed by atoms with Gasteiger partial charge in [-0.3, -0.25) is 0 Å². The third-order valence-corrected chi connectivity index (χ3v) is 5.96. The molecule has 4 aromatic carbocycles. The van der Waals surface area contributed by atoms with Gasteiger partial charge >= 0.3 is 0 Å². The summed E-state index contributed by atoms with van der Waals surface area (Å²) in [7, 11) is 0. The lowest BCUT2D eigenvalue weighted by molar-refractivity contribution is 0.412. The van der Waals surface area contributed by atoms with Crippen LogP contribution in [0.3, 0.4) is 0 Å². The third-order valence-electron chi connectivity index (χ3n) is 3.78. The molecule has 20 heavy (non-hydrogen) atoms. The van der Waals surface area contributed by atoms with Crippen LogP contribution in [0.15, 0.2) is 45.3 Å². The lowest BCUT2D eigenvalue weighted by Crippen LogP contribution is -1.88. The number of rotatable bonds is 0. The zero-order chi connectivity index (χ0) is 14.0. The number of aromatic hydroxyl groups is 2. The van der Waals surface area contributed by atoms with Gasteiger partial charge in [0.25, 0.3) is 0 Å². The van der Waals surface area contributed by atoms with Gasteiger partial charge in [0.2, 0.25) is 0 Å². The fourth-order valence-electron chi connectivity index (χ4n) is 2.90. The first kappa shape index (κ1) is 12.2. The van der Waals surface area contributed by atoms with Gasteiger partial charge in [0.1, 0.15) is 0 Å². The number of benzene rings is 4. The molecule has 0 aliphatic rings. The molecule has 0 heterocycles. The van der Waals surface area contributed by atoms with Crippen LogP contribution < -0.4 is 0 Å². The van der Waals surface area contributed by atoms with Crippen molar-refractivity contribution in [2.75, 3.05) is 0 Å². The smallest absolute Gasteiger partial charge is 0.166 e. The van der Waals surface area contributed by atoms with Crippen molar-refractivity contribution >= 4 is 64.2 Å². The zero-order valence-corrected chi connectivity index (χ0v) is 13.3. The highest BCUT2D eigenvalue weighted by molar-refractivity contribution is 9.13. The molecule has 0 spiro atoms. The number of hydrogen-bond donors (Lipinski definition) is 2. The molecule has 0 saturated carbocycles. The summed E-state index contributed by atoms with van der Waals surface area (Å²) in [5.74, 6) is -0.130. The molecule has 98 valence electrons. The van der Waals surface area contributed by atoms with Crippen molar-refractivity contribution < 1.29 is 10.2 Å². The first-order valence-corrected chi connectivity index (χ1v) is 7.65. The second kappa shape index (κ2) is 3.99. The van der Waals surface area contributed by atoms with Crippen LogP contribution >= 0.6 is 31.9 Å². The van der Waals surface area contributed by atoms with Crippen molar-refractivity contribution in [3.05, 3.63) is 45.3 Å². The van der Waals surface area contributed by atoms with E-state index in [1.54, 1.807) is 0 Å². The van der Waals surface area contributed by atoms with Crippen LogP contribution in [0.2, 0.25) is 0 Å². The largest absolute Gasteiger partial charge is 0.504 e. The van der Waals surface area contributed by atoms with E-state index < -0.39 is 0 Å². The Morgan fingerprint density at radius 1 is 0.600 bits per heavy atom. The molecular formula is C16H8Br2O2. The average molecular weight is 392 g/mol. The number of halogens is 2. The highest BCUT2D eigenvalue weighted by Gasteiger charge is 2.20. The standard InChI is InChI=1S/C16H8Br2O2/c17-13-7-3-1-5-9-11(7)12-8(14(13)18)4-2-6-10(12)16(20)15(9)19/h1-6,19-20H. The van der Waals surface area contributed by atoms with Crippen molar-refractivity contribution in [3.63, 3.8) is 0 Å². The fraction of sp³-hybridized carbons (Fsp3) is 0. The van der Waals surface area contributed by atoms with Crippen molar-refractivity contribution in [1.29, 1.82) is 0 Å². The minimum atomic E-state index is -0.0650. The van der Waals surface area contributed by atoms with Gasteiger partial charge < -0.3 is 10.2 Å². The maximum atomic E-state index is 10.3. The van der Waals surface area contributed by atoms with E-state index >= 15 is 0 Å². The lowest BCUT2D eigenvalue weighted by Gasteiger charge is -2.16. The monoisotopic (exact) mass is 390 g/mol. The first-order valence-electron chi connectivity index (χ1n) is 6.06. The quantitative estimate of drug-likeness (QED) is 0.306. The Balaban J connectivity index is 2.54. The first-order chi connectivity index (χ1) is 9.61. The molecule has 4 aromatic rings. The van der Waals surface area contributed by atoms with E-state index in [4.69, 9.17) is 0 Å². The van der Waals surface area contributed by atoms with E-state index in [0.717, 1.165) is 30.5 Å². The summed E-state index contributed by atoms with van der Waals surface area (Å²) in [5, 5.41) is 25.8. The van der Waals surface area contributed by atoms with E-state index in [1.807, 2.05) is 36.4 Å². The van der Waals surface area contributed by atoms with Crippen molar-refractivity contribution in [1.82, 2.24) is 0 Å².